The summed E-state index contributed by atoms with van der Waals surface area (Å²) in [6.07, 6.45) is 1.89. The maximum atomic E-state index is 9.58. The molecule has 0 radical (unpaired) electrons. The smallest absolute Gasteiger partial charge is 0.141 e. The number of ether oxygens (including phenoxy) is 1. The zero-order valence-electron chi connectivity index (χ0n) is 18.9. The van der Waals surface area contributed by atoms with Gasteiger partial charge in [-0.2, -0.15) is 10.5 Å². The second-order valence-corrected chi connectivity index (χ2v) is 8.03. The molecule has 0 aliphatic carbocycles. The van der Waals surface area contributed by atoms with Crippen LogP contribution in [0.3, 0.4) is 0 Å². The summed E-state index contributed by atoms with van der Waals surface area (Å²) in [6, 6.07) is 40.4. The number of benzene rings is 4. The lowest BCUT2D eigenvalue weighted by atomic mass is 9.92. The second-order valence-electron chi connectivity index (χ2n) is 8.03. The predicted octanol–water partition coefficient (Wildman–Crippen LogP) is 7.53. The van der Waals surface area contributed by atoms with Crippen LogP contribution in [0.1, 0.15) is 16.7 Å². The van der Waals surface area contributed by atoms with Crippen molar-refractivity contribution >= 4 is 28.7 Å². The molecule has 0 aromatic heterocycles. The van der Waals surface area contributed by atoms with E-state index in [0.717, 1.165) is 33.8 Å². The van der Waals surface area contributed by atoms with Crippen molar-refractivity contribution in [2.75, 3.05) is 4.90 Å². The molecule has 166 valence electrons. The first kappa shape index (κ1) is 21.8. The van der Waals surface area contributed by atoms with Crippen LogP contribution >= 0.6 is 0 Å². The van der Waals surface area contributed by atoms with E-state index < -0.39 is 0 Å². The lowest BCUT2D eigenvalue weighted by molar-refractivity contribution is 0.210. The van der Waals surface area contributed by atoms with E-state index in [4.69, 9.17) is 4.74 Å². The Balaban J connectivity index is 1.54. The highest BCUT2D eigenvalue weighted by Crippen LogP contribution is 2.38. The van der Waals surface area contributed by atoms with E-state index in [2.05, 4.69) is 41.3 Å². The average Bonchev–Trinajstić information content (AvgIpc) is 2.92. The van der Waals surface area contributed by atoms with Gasteiger partial charge in [-0.05, 0) is 59.2 Å². The van der Waals surface area contributed by atoms with E-state index in [1.807, 2.05) is 91.0 Å². The minimum absolute atomic E-state index is 0.0411. The largest absolute Gasteiger partial charge is 0.488 e. The van der Waals surface area contributed by atoms with Gasteiger partial charge < -0.3 is 9.64 Å². The number of allylic oxidation sites excluding steroid dienone is 2. The van der Waals surface area contributed by atoms with Gasteiger partial charge in [0.1, 0.15) is 30.1 Å². The molecule has 4 aromatic rings. The fourth-order valence-corrected chi connectivity index (χ4v) is 4.23. The fraction of sp³-hybridized carbons (Fsp3) is 0.0323. The SMILES string of the molecule is N#CC(C#N)=C1C(=Cc2ccc(N(c3ccccc3)c3ccccc3)cc2)OCc2ccccc21. The molecule has 5 rings (SSSR count). The summed E-state index contributed by atoms with van der Waals surface area (Å²) in [6.45, 7) is 0.392. The number of nitrogens with zero attached hydrogens (tertiary/aromatic N) is 3. The molecule has 4 nitrogen and oxygen atoms in total. The third kappa shape index (κ3) is 4.42. The zero-order valence-corrected chi connectivity index (χ0v) is 18.9. The van der Waals surface area contributed by atoms with Crippen molar-refractivity contribution in [2.24, 2.45) is 0 Å². The fourth-order valence-electron chi connectivity index (χ4n) is 4.23. The van der Waals surface area contributed by atoms with Gasteiger partial charge in [0.05, 0.1) is 5.57 Å². The maximum Gasteiger partial charge on any atom is 0.141 e. The van der Waals surface area contributed by atoms with E-state index in [-0.39, 0.29) is 5.57 Å². The molecule has 0 amide bonds. The van der Waals surface area contributed by atoms with Crippen molar-refractivity contribution in [3.8, 4) is 12.1 Å². The Bertz CT molecular complexity index is 1430. The Labute approximate surface area is 204 Å². The molecule has 0 saturated carbocycles. The molecule has 0 saturated heterocycles. The van der Waals surface area contributed by atoms with Gasteiger partial charge in [0, 0.05) is 17.1 Å². The average molecular weight is 452 g/mol. The lowest BCUT2D eigenvalue weighted by Crippen LogP contribution is -2.10. The summed E-state index contributed by atoms with van der Waals surface area (Å²) >= 11 is 0. The number of para-hydroxylation sites is 2. The summed E-state index contributed by atoms with van der Waals surface area (Å²) in [5.74, 6) is 0.525. The minimum Gasteiger partial charge on any atom is -0.488 e. The predicted molar refractivity (Wildman–Crippen MR) is 138 cm³/mol. The van der Waals surface area contributed by atoms with Crippen LogP contribution in [0.5, 0.6) is 0 Å². The van der Waals surface area contributed by atoms with Gasteiger partial charge in [-0.15, -0.1) is 0 Å². The van der Waals surface area contributed by atoms with Gasteiger partial charge in [0.2, 0.25) is 0 Å². The van der Waals surface area contributed by atoms with Crippen LogP contribution in [0.25, 0.3) is 11.6 Å². The van der Waals surface area contributed by atoms with E-state index in [1.54, 1.807) is 0 Å². The first-order valence-electron chi connectivity index (χ1n) is 11.3. The first-order valence-corrected chi connectivity index (χ1v) is 11.3. The highest BCUT2D eigenvalue weighted by molar-refractivity contribution is 5.90. The maximum absolute atomic E-state index is 9.58. The molecule has 1 heterocycles. The van der Waals surface area contributed by atoms with E-state index >= 15 is 0 Å². The van der Waals surface area contributed by atoms with Crippen molar-refractivity contribution < 1.29 is 4.74 Å². The standard InChI is InChI=1S/C31H21N3O/c32-20-25(21-33)31-29-14-8-7-9-24(29)22-35-30(31)19-23-15-17-28(18-16-23)34(26-10-3-1-4-11-26)27-12-5-2-6-13-27/h1-19H,22H2. The molecule has 4 aromatic carbocycles. The minimum atomic E-state index is 0.0411. The van der Waals surface area contributed by atoms with Crippen LogP contribution in [0.2, 0.25) is 0 Å². The first-order chi connectivity index (χ1) is 17.3. The van der Waals surface area contributed by atoms with Gasteiger partial charge in [0.15, 0.2) is 0 Å². The van der Waals surface area contributed by atoms with E-state index in [0.29, 0.717) is 17.9 Å². The van der Waals surface area contributed by atoms with Crippen LogP contribution in [-0.2, 0) is 11.3 Å². The van der Waals surface area contributed by atoms with Crippen LogP contribution in [0.4, 0.5) is 17.1 Å². The molecule has 1 aliphatic heterocycles. The molecule has 0 spiro atoms. The van der Waals surface area contributed by atoms with Crippen molar-refractivity contribution in [3.63, 3.8) is 0 Å². The summed E-state index contributed by atoms with van der Waals surface area (Å²) in [4.78, 5) is 2.19. The van der Waals surface area contributed by atoms with Gasteiger partial charge in [-0.3, -0.25) is 0 Å². The highest BCUT2D eigenvalue weighted by atomic mass is 16.5. The lowest BCUT2D eigenvalue weighted by Gasteiger charge is -2.25. The monoisotopic (exact) mass is 451 g/mol. The van der Waals surface area contributed by atoms with E-state index in [9.17, 15) is 10.5 Å². The number of hydrogen-bond donors (Lipinski definition) is 0. The topological polar surface area (TPSA) is 60.0 Å². The molecule has 0 atom stereocenters. The molecule has 1 aliphatic rings. The number of fused-ring (bicyclic) bond motifs is 1. The van der Waals surface area contributed by atoms with Crippen molar-refractivity contribution in [1.29, 1.82) is 10.5 Å². The molecule has 0 N–H and O–H groups in total. The van der Waals surface area contributed by atoms with Crippen molar-refractivity contribution in [1.82, 2.24) is 0 Å². The van der Waals surface area contributed by atoms with Crippen molar-refractivity contribution in [3.05, 3.63) is 137 Å². The summed E-state index contributed by atoms with van der Waals surface area (Å²) < 4.78 is 6.01. The van der Waals surface area contributed by atoms with Crippen LogP contribution in [0, 0.1) is 22.7 Å². The van der Waals surface area contributed by atoms with Gasteiger partial charge >= 0.3 is 0 Å². The Morgan fingerprint density at radius 1 is 0.686 bits per heavy atom. The quantitative estimate of drug-likeness (QED) is 0.301. The highest BCUT2D eigenvalue weighted by Gasteiger charge is 2.23. The summed E-state index contributed by atoms with van der Waals surface area (Å²) in [5.41, 5.74) is 6.46. The number of nitriles is 2. The molecule has 0 bridgehead atoms. The van der Waals surface area contributed by atoms with Crippen LogP contribution < -0.4 is 4.90 Å². The Morgan fingerprint density at radius 3 is 1.83 bits per heavy atom. The Morgan fingerprint density at radius 2 is 1.23 bits per heavy atom. The molecular formula is C31H21N3O. The second kappa shape index (κ2) is 9.83. The Hall–Kier alpha value is -5.06. The van der Waals surface area contributed by atoms with Crippen LogP contribution in [0.15, 0.2) is 121 Å². The van der Waals surface area contributed by atoms with E-state index in [1.165, 1.54) is 0 Å². The normalized spacial score (nSPS) is 13.2. The van der Waals surface area contributed by atoms with Crippen LogP contribution in [-0.4, -0.2) is 0 Å². The van der Waals surface area contributed by atoms with Gasteiger partial charge in [-0.1, -0.05) is 72.8 Å². The molecule has 4 heteroatoms. The summed E-state index contributed by atoms with van der Waals surface area (Å²) in [5, 5.41) is 19.2. The van der Waals surface area contributed by atoms with Gasteiger partial charge in [0.25, 0.3) is 0 Å². The molecule has 0 unspecified atom stereocenters. The number of rotatable bonds is 4. The van der Waals surface area contributed by atoms with Gasteiger partial charge in [-0.25, -0.2) is 0 Å². The Kier molecular flexibility index (Phi) is 6.11. The zero-order chi connectivity index (χ0) is 24.0. The third-order valence-corrected chi connectivity index (χ3v) is 5.87. The molecular weight excluding hydrogens is 430 g/mol. The third-order valence-electron chi connectivity index (χ3n) is 5.87. The van der Waals surface area contributed by atoms with Crippen molar-refractivity contribution in [2.45, 2.75) is 6.61 Å². The molecule has 35 heavy (non-hydrogen) atoms. The summed E-state index contributed by atoms with van der Waals surface area (Å²) in [7, 11) is 0. The number of hydrogen-bond acceptors (Lipinski definition) is 4. The molecule has 0 fully saturated rings. The number of anilines is 3.